The van der Waals surface area contributed by atoms with E-state index < -0.39 is 0 Å². The normalized spacial score (nSPS) is 18.6. The summed E-state index contributed by atoms with van der Waals surface area (Å²) in [5.74, 6) is 0.161. The molecule has 3 nitrogen and oxygen atoms in total. The highest BCUT2D eigenvalue weighted by molar-refractivity contribution is 5.93. The van der Waals surface area contributed by atoms with Crippen molar-refractivity contribution in [2.75, 3.05) is 11.5 Å². The van der Waals surface area contributed by atoms with Gasteiger partial charge in [0.2, 0.25) is 0 Å². The highest BCUT2D eigenvalue weighted by Crippen LogP contribution is 2.32. The number of anilines is 1. The zero-order valence-electron chi connectivity index (χ0n) is 11.4. The maximum atomic E-state index is 12.2. The van der Waals surface area contributed by atoms with Crippen LogP contribution in [-0.2, 0) is 4.74 Å². The molecule has 1 aliphatic rings. The monoisotopic (exact) mass is 257 g/mol. The van der Waals surface area contributed by atoms with Crippen molar-refractivity contribution in [2.24, 2.45) is 5.92 Å². The van der Waals surface area contributed by atoms with Crippen molar-refractivity contribution >= 4 is 17.9 Å². The van der Waals surface area contributed by atoms with Gasteiger partial charge in [0.15, 0.2) is 0 Å². The molecule has 0 radical (unpaired) electrons. The van der Waals surface area contributed by atoms with Gasteiger partial charge >= 0.3 is 6.09 Å². The van der Waals surface area contributed by atoms with E-state index in [9.17, 15) is 4.79 Å². The third-order valence-electron chi connectivity index (χ3n) is 3.34. The largest absolute Gasteiger partial charge is 0.449 e. The summed E-state index contributed by atoms with van der Waals surface area (Å²) in [6.45, 7) is 8.05. The number of hydrogen-bond donors (Lipinski definition) is 0. The molecule has 1 aromatic carbocycles. The lowest BCUT2D eigenvalue weighted by atomic mass is 9.94. The van der Waals surface area contributed by atoms with Gasteiger partial charge in [-0.3, -0.25) is 4.90 Å². The van der Waals surface area contributed by atoms with Gasteiger partial charge < -0.3 is 4.74 Å². The molecule has 0 spiro atoms. The zero-order valence-corrected chi connectivity index (χ0v) is 11.4. The Balaban J connectivity index is 2.43. The summed E-state index contributed by atoms with van der Waals surface area (Å²) >= 11 is 0. The summed E-state index contributed by atoms with van der Waals surface area (Å²) in [5.41, 5.74) is 1.92. The van der Waals surface area contributed by atoms with Gasteiger partial charge in [-0.15, -0.1) is 6.58 Å². The Labute approximate surface area is 114 Å². The summed E-state index contributed by atoms with van der Waals surface area (Å²) in [6, 6.07) is 7.78. The minimum atomic E-state index is -0.307. The van der Waals surface area contributed by atoms with Crippen molar-refractivity contribution in [1.29, 1.82) is 0 Å². The van der Waals surface area contributed by atoms with Crippen LogP contribution in [0.25, 0.3) is 6.08 Å². The number of nitrogens with zero attached hydrogens (tertiary/aromatic N) is 1. The molecule has 1 aliphatic heterocycles. The Morgan fingerprint density at radius 1 is 1.53 bits per heavy atom. The molecule has 2 rings (SSSR count). The molecule has 0 fully saturated rings. The molecule has 3 heteroatoms. The molecule has 0 saturated heterocycles. The molecule has 0 aliphatic carbocycles. The van der Waals surface area contributed by atoms with E-state index in [1.54, 1.807) is 4.90 Å². The number of carbonyl (C=O) groups is 1. The predicted octanol–water partition coefficient (Wildman–Crippen LogP) is 3.87. The molecule has 0 N–H and O–H groups in total. The number of hydrogen-bond acceptors (Lipinski definition) is 2. The molecule has 1 aromatic rings. The zero-order chi connectivity index (χ0) is 13.8. The van der Waals surface area contributed by atoms with Crippen LogP contribution in [0.2, 0.25) is 0 Å². The summed E-state index contributed by atoms with van der Waals surface area (Å²) in [7, 11) is 0. The molecular weight excluding hydrogens is 238 g/mol. The van der Waals surface area contributed by atoms with Crippen LogP contribution >= 0.6 is 0 Å². The fourth-order valence-electron chi connectivity index (χ4n) is 2.26. The highest BCUT2D eigenvalue weighted by atomic mass is 16.6. The lowest BCUT2D eigenvalue weighted by Gasteiger charge is -2.35. The number of para-hydroxylation sites is 1. The Hall–Kier alpha value is -2.03. The Bertz CT molecular complexity index is 507. The molecule has 100 valence electrons. The maximum Gasteiger partial charge on any atom is 0.414 e. The van der Waals surface area contributed by atoms with Crippen LogP contribution in [0.4, 0.5) is 10.5 Å². The van der Waals surface area contributed by atoms with E-state index >= 15 is 0 Å². The van der Waals surface area contributed by atoms with Gasteiger partial charge in [0, 0.05) is 0 Å². The third kappa shape index (κ3) is 2.55. The van der Waals surface area contributed by atoms with E-state index in [-0.39, 0.29) is 18.1 Å². The van der Waals surface area contributed by atoms with Gasteiger partial charge in [-0.1, -0.05) is 43.4 Å². The van der Waals surface area contributed by atoms with E-state index in [4.69, 9.17) is 4.74 Å². The van der Waals surface area contributed by atoms with E-state index in [0.29, 0.717) is 6.61 Å². The van der Waals surface area contributed by atoms with Crippen LogP contribution < -0.4 is 4.90 Å². The SMILES string of the molecule is C=CC(C)C1C=Cc2ccccc2N1C(=O)OCC. The minimum absolute atomic E-state index is 0.0496. The Kier molecular flexibility index (Phi) is 4.05. The van der Waals surface area contributed by atoms with E-state index in [2.05, 4.69) is 12.7 Å². The first-order chi connectivity index (χ1) is 9.19. The van der Waals surface area contributed by atoms with E-state index in [0.717, 1.165) is 11.3 Å². The minimum Gasteiger partial charge on any atom is -0.449 e. The Morgan fingerprint density at radius 2 is 2.26 bits per heavy atom. The summed E-state index contributed by atoms with van der Waals surface area (Å²) in [4.78, 5) is 13.9. The number of rotatable bonds is 3. The van der Waals surface area contributed by atoms with Gasteiger partial charge in [0.25, 0.3) is 0 Å². The second kappa shape index (κ2) is 5.74. The van der Waals surface area contributed by atoms with Crippen molar-refractivity contribution in [3.63, 3.8) is 0 Å². The fourth-order valence-corrected chi connectivity index (χ4v) is 2.26. The van der Waals surface area contributed by atoms with Crippen molar-refractivity contribution in [3.05, 3.63) is 48.6 Å². The Morgan fingerprint density at radius 3 is 2.95 bits per heavy atom. The standard InChI is InChI=1S/C16H19NO2/c1-4-12(3)14-11-10-13-8-6-7-9-15(13)17(14)16(18)19-5-2/h4,6-12,14H,1,5H2,2-3H3. The van der Waals surface area contributed by atoms with Crippen LogP contribution in [-0.4, -0.2) is 18.7 Å². The van der Waals surface area contributed by atoms with Crippen LogP contribution in [0.3, 0.4) is 0 Å². The van der Waals surface area contributed by atoms with Crippen LogP contribution in [0.15, 0.2) is 43.0 Å². The number of fused-ring (bicyclic) bond motifs is 1. The molecule has 0 saturated carbocycles. The molecule has 0 bridgehead atoms. The fraction of sp³-hybridized carbons (Fsp3) is 0.312. The van der Waals surface area contributed by atoms with Gasteiger partial charge in [0.1, 0.15) is 0 Å². The third-order valence-corrected chi connectivity index (χ3v) is 3.34. The first-order valence-corrected chi connectivity index (χ1v) is 6.54. The van der Waals surface area contributed by atoms with Gasteiger partial charge in [-0.05, 0) is 24.5 Å². The molecule has 2 unspecified atom stereocenters. The van der Waals surface area contributed by atoms with Crippen molar-refractivity contribution < 1.29 is 9.53 Å². The molecule has 0 aromatic heterocycles. The smallest absolute Gasteiger partial charge is 0.414 e. The van der Waals surface area contributed by atoms with E-state index in [1.165, 1.54) is 0 Å². The first-order valence-electron chi connectivity index (χ1n) is 6.54. The van der Waals surface area contributed by atoms with Gasteiger partial charge in [-0.2, -0.15) is 0 Å². The van der Waals surface area contributed by atoms with Gasteiger partial charge in [-0.25, -0.2) is 4.79 Å². The van der Waals surface area contributed by atoms with Crippen LogP contribution in [0.1, 0.15) is 19.4 Å². The number of amides is 1. The molecular formula is C16H19NO2. The topological polar surface area (TPSA) is 29.5 Å². The molecule has 19 heavy (non-hydrogen) atoms. The molecule has 2 atom stereocenters. The van der Waals surface area contributed by atoms with Crippen molar-refractivity contribution in [1.82, 2.24) is 0 Å². The lowest BCUT2D eigenvalue weighted by molar-refractivity contribution is 0.157. The van der Waals surface area contributed by atoms with Gasteiger partial charge in [0.05, 0.1) is 18.3 Å². The average molecular weight is 257 g/mol. The average Bonchev–Trinajstić information content (AvgIpc) is 2.45. The predicted molar refractivity (Wildman–Crippen MR) is 78.1 cm³/mol. The number of carbonyl (C=O) groups excluding carboxylic acids is 1. The summed E-state index contributed by atoms with van der Waals surface area (Å²) in [6.07, 6.45) is 5.63. The quantitative estimate of drug-likeness (QED) is 0.769. The van der Waals surface area contributed by atoms with E-state index in [1.807, 2.05) is 50.3 Å². The van der Waals surface area contributed by atoms with Crippen LogP contribution in [0, 0.1) is 5.92 Å². The van der Waals surface area contributed by atoms with Crippen molar-refractivity contribution in [3.8, 4) is 0 Å². The number of ether oxygens (including phenoxy) is 1. The lowest BCUT2D eigenvalue weighted by Crippen LogP contribution is -2.44. The molecule has 1 amide bonds. The number of benzene rings is 1. The van der Waals surface area contributed by atoms with Crippen LogP contribution in [0.5, 0.6) is 0 Å². The second-order valence-electron chi connectivity index (χ2n) is 4.57. The summed E-state index contributed by atoms with van der Waals surface area (Å²) < 4.78 is 5.18. The molecule has 1 heterocycles. The highest BCUT2D eigenvalue weighted by Gasteiger charge is 2.31. The second-order valence-corrected chi connectivity index (χ2v) is 4.57. The first kappa shape index (κ1) is 13.4. The summed E-state index contributed by atoms with van der Waals surface area (Å²) in [5, 5.41) is 0. The maximum absolute atomic E-state index is 12.2. The van der Waals surface area contributed by atoms with Crippen molar-refractivity contribution in [2.45, 2.75) is 19.9 Å².